The fourth-order valence-electron chi connectivity index (χ4n) is 2.87. The van der Waals surface area contributed by atoms with Gasteiger partial charge in [0.1, 0.15) is 16.6 Å². The molecule has 0 saturated heterocycles. The Labute approximate surface area is 183 Å². The van der Waals surface area contributed by atoms with E-state index in [0.29, 0.717) is 27.6 Å². The Morgan fingerprint density at radius 1 is 1.23 bits per heavy atom. The Kier molecular flexibility index (Phi) is 5.87. The number of aromatic nitrogens is 1. The van der Waals surface area contributed by atoms with E-state index in [1.54, 1.807) is 44.3 Å². The second kappa shape index (κ2) is 8.90. The zero-order chi connectivity index (χ0) is 21.8. The Morgan fingerprint density at radius 2 is 2.00 bits per heavy atom. The number of nitrogens with zero attached hydrogens (tertiary/aromatic N) is 2. The highest BCUT2D eigenvalue weighted by Gasteiger charge is 2.16. The summed E-state index contributed by atoms with van der Waals surface area (Å²) in [6, 6.07) is 14.7. The van der Waals surface area contributed by atoms with Gasteiger partial charge in [0.05, 0.1) is 17.4 Å². The van der Waals surface area contributed by atoms with Crippen molar-refractivity contribution < 1.29 is 19.0 Å². The van der Waals surface area contributed by atoms with Crippen LogP contribution >= 0.6 is 11.3 Å². The van der Waals surface area contributed by atoms with E-state index in [1.807, 2.05) is 23.6 Å². The van der Waals surface area contributed by atoms with Gasteiger partial charge in [0, 0.05) is 22.8 Å². The van der Waals surface area contributed by atoms with Gasteiger partial charge in [-0.05, 0) is 56.3 Å². The molecule has 0 atom stereocenters. The molecule has 0 unspecified atom stereocenters. The Hall–Kier alpha value is -3.83. The first-order valence-electron chi connectivity index (χ1n) is 9.57. The predicted molar refractivity (Wildman–Crippen MR) is 118 cm³/mol. The Bertz CT molecular complexity index is 1180. The molecule has 0 fully saturated rings. The van der Waals surface area contributed by atoms with E-state index >= 15 is 0 Å². The zero-order valence-corrected chi connectivity index (χ0v) is 17.7. The van der Waals surface area contributed by atoms with Crippen molar-refractivity contribution in [3.63, 3.8) is 0 Å². The minimum absolute atomic E-state index is 0.174. The van der Waals surface area contributed by atoms with E-state index in [4.69, 9.17) is 14.2 Å². The van der Waals surface area contributed by atoms with Crippen molar-refractivity contribution in [3.8, 4) is 28.8 Å². The van der Waals surface area contributed by atoms with Crippen LogP contribution in [0.25, 0.3) is 16.8 Å². The van der Waals surface area contributed by atoms with Crippen molar-refractivity contribution in [2.45, 2.75) is 20.0 Å². The lowest BCUT2D eigenvalue weighted by molar-refractivity contribution is 0.0378. The molecule has 31 heavy (non-hydrogen) atoms. The largest absolute Gasteiger partial charge is 0.459 e. The minimum atomic E-state index is -0.367. The highest BCUT2D eigenvalue weighted by Crippen LogP contribution is 2.36. The van der Waals surface area contributed by atoms with Gasteiger partial charge < -0.3 is 19.5 Å². The van der Waals surface area contributed by atoms with Crippen LogP contribution in [0.4, 0.5) is 5.69 Å². The zero-order valence-electron chi connectivity index (χ0n) is 16.9. The number of carbonyl (C=O) groups excluding carboxylic acids is 1. The van der Waals surface area contributed by atoms with Crippen molar-refractivity contribution in [1.29, 1.82) is 5.26 Å². The van der Waals surface area contributed by atoms with Gasteiger partial charge in [-0.15, -0.1) is 11.3 Å². The average molecular weight is 433 g/mol. The summed E-state index contributed by atoms with van der Waals surface area (Å²) in [7, 11) is 0. The number of hydrogen-bond donors (Lipinski definition) is 1. The number of anilines is 1. The number of fused-ring (bicyclic) bond motifs is 1. The number of esters is 1. The van der Waals surface area contributed by atoms with E-state index in [-0.39, 0.29) is 18.9 Å². The van der Waals surface area contributed by atoms with Crippen LogP contribution in [0, 0.1) is 11.3 Å². The maximum Gasteiger partial charge on any atom is 0.338 e. The molecule has 1 aliphatic rings. The summed E-state index contributed by atoms with van der Waals surface area (Å²) in [5.41, 5.74) is 3.26. The SMILES string of the molecule is CC(C)OC(=O)c1ccc(N/C=C(\C#N)c2nc(-c3ccc4c(c3)OCO4)cs2)cc1. The van der Waals surface area contributed by atoms with Gasteiger partial charge in [0.15, 0.2) is 11.5 Å². The molecule has 0 spiro atoms. The molecule has 1 aliphatic heterocycles. The fourth-order valence-corrected chi connectivity index (χ4v) is 3.66. The molecule has 2 aromatic carbocycles. The molecule has 0 saturated carbocycles. The number of benzene rings is 2. The van der Waals surface area contributed by atoms with Crippen LogP contribution < -0.4 is 14.8 Å². The van der Waals surface area contributed by atoms with Crippen LogP contribution in [0.5, 0.6) is 11.5 Å². The van der Waals surface area contributed by atoms with Gasteiger partial charge in [0.25, 0.3) is 0 Å². The monoisotopic (exact) mass is 433 g/mol. The molecule has 1 aromatic heterocycles. The maximum atomic E-state index is 11.9. The molecule has 156 valence electrons. The second-order valence-electron chi connectivity index (χ2n) is 6.95. The van der Waals surface area contributed by atoms with Crippen LogP contribution in [-0.4, -0.2) is 23.9 Å². The lowest BCUT2D eigenvalue weighted by Gasteiger charge is -2.08. The molecule has 1 N–H and O–H groups in total. The van der Waals surface area contributed by atoms with Crippen LogP contribution in [0.2, 0.25) is 0 Å². The van der Waals surface area contributed by atoms with Crippen LogP contribution in [0.1, 0.15) is 29.2 Å². The molecule has 0 aliphatic carbocycles. The quantitative estimate of drug-likeness (QED) is 0.428. The highest BCUT2D eigenvalue weighted by atomic mass is 32.1. The van der Waals surface area contributed by atoms with Crippen LogP contribution in [0.15, 0.2) is 54.0 Å². The van der Waals surface area contributed by atoms with E-state index in [2.05, 4.69) is 16.4 Å². The van der Waals surface area contributed by atoms with Gasteiger partial charge in [-0.3, -0.25) is 0 Å². The first-order chi connectivity index (χ1) is 15.0. The van der Waals surface area contributed by atoms with Gasteiger partial charge in [0.2, 0.25) is 6.79 Å². The third-order valence-corrected chi connectivity index (χ3v) is 5.25. The normalized spacial score (nSPS) is 12.5. The van der Waals surface area contributed by atoms with Crippen molar-refractivity contribution >= 4 is 28.6 Å². The molecule has 0 bridgehead atoms. The summed E-state index contributed by atoms with van der Waals surface area (Å²) in [5.74, 6) is 1.03. The van der Waals surface area contributed by atoms with Crippen LogP contribution in [-0.2, 0) is 4.74 Å². The number of rotatable bonds is 6. The summed E-state index contributed by atoms with van der Waals surface area (Å²) in [6.45, 7) is 3.82. The number of allylic oxidation sites excluding steroid dienone is 1. The molecule has 7 nitrogen and oxygen atoms in total. The lowest BCUT2D eigenvalue weighted by Crippen LogP contribution is -2.11. The number of carbonyl (C=O) groups is 1. The summed E-state index contributed by atoms with van der Waals surface area (Å²) in [5, 5.41) is 15.1. The molecule has 8 heteroatoms. The van der Waals surface area contributed by atoms with E-state index in [9.17, 15) is 10.1 Å². The molecule has 3 aromatic rings. The Balaban J connectivity index is 1.47. The minimum Gasteiger partial charge on any atom is -0.459 e. The van der Waals surface area contributed by atoms with E-state index < -0.39 is 0 Å². The first kappa shape index (κ1) is 20.4. The fraction of sp³-hybridized carbons (Fsp3) is 0.174. The summed E-state index contributed by atoms with van der Waals surface area (Å²) in [4.78, 5) is 16.5. The van der Waals surface area contributed by atoms with Gasteiger partial charge in [-0.1, -0.05) is 0 Å². The molecular formula is C23H19N3O4S. The molecule has 4 rings (SSSR count). The topological polar surface area (TPSA) is 93.5 Å². The van der Waals surface area contributed by atoms with Crippen molar-refractivity contribution in [2.75, 3.05) is 12.1 Å². The maximum absolute atomic E-state index is 11.9. The van der Waals surface area contributed by atoms with Crippen molar-refractivity contribution in [3.05, 3.63) is 64.6 Å². The third-order valence-electron chi connectivity index (χ3n) is 4.37. The van der Waals surface area contributed by atoms with Crippen molar-refractivity contribution in [2.24, 2.45) is 0 Å². The lowest BCUT2D eigenvalue weighted by atomic mass is 10.1. The molecule has 0 amide bonds. The number of nitrogens with one attached hydrogen (secondary N) is 1. The van der Waals surface area contributed by atoms with Gasteiger partial charge >= 0.3 is 5.97 Å². The number of hydrogen-bond acceptors (Lipinski definition) is 8. The van der Waals surface area contributed by atoms with Crippen molar-refractivity contribution in [1.82, 2.24) is 4.98 Å². The Morgan fingerprint density at radius 3 is 2.74 bits per heavy atom. The van der Waals surface area contributed by atoms with Gasteiger partial charge in [-0.25, -0.2) is 9.78 Å². The summed E-state index contributed by atoms with van der Waals surface area (Å²) >= 11 is 1.38. The third kappa shape index (κ3) is 4.68. The molecular weight excluding hydrogens is 414 g/mol. The second-order valence-corrected chi connectivity index (χ2v) is 7.81. The highest BCUT2D eigenvalue weighted by molar-refractivity contribution is 7.11. The summed E-state index contributed by atoms with van der Waals surface area (Å²) < 4.78 is 15.9. The number of thiazole rings is 1. The molecule has 2 heterocycles. The van der Waals surface area contributed by atoms with Gasteiger partial charge in [-0.2, -0.15) is 5.26 Å². The van der Waals surface area contributed by atoms with Crippen LogP contribution in [0.3, 0.4) is 0 Å². The summed E-state index contributed by atoms with van der Waals surface area (Å²) in [6.07, 6.45) is 1.43. The number of ether oxygens (including phenoxy) is 3. The predicted octanol–water partition coefficient (Wildman–Crippen LogP) is 5.08. The smallest absolute Gasteiger partial charge is 0.338 e. The number of nitriles is 1. The first-order valence-corrected chi connectivity index (χ1v) is 10.4. The molecule has 0 radical (unpaired) electrons. The van der Waals surface area contributed by atoms with E-state index in [1.165, 1.54) is 11.3 Å². The average Bonchev–Trinajstić information content (AvgIpc) is 3.43. The van der Waals surface area contributed by atoms with E-state index in [0.717, 1.165) is 16.9 Å². The standard InChI is InChI=1S/C23H19N3O4S/c1-14(2)30-23(27)15-3-6-18(7-4-15)25-11-17(10-24)22-26-19(12-31-22)16-5-8-20-21(9-16)29-13-28-20/h3-9,11-12,14,25H,13H2,1-2H3/b17-11+.